The number of aliphatic hydroxyl groups excluding tert-OH is 1. The van der Waals surface area contributed by atoms with Crippen LogP contribution >= 0.6 is 11.8 Å². The van der Waals surface area contributed by atoms with Gasteiger partial charge in [0, 0.05) is 24.6 Å². The minimum Gasteiger partial charge on any atom is -0.378 e. The number of thioether (sulfide) groups is 1. The minimum absolute atomic E-state index is 0.491. The molecule has 1 aromatic carbocycles. The van der Waals surface area contributed by atoms with Gasteiger partial charge in [-0.15, -0.1) is 0 Å². The van der Waals surface area contributed by atoms with Gasteiger partial charge in [-0.25, -0.2) is 0 Å². The number of hydrogen-bond donors (Lipinski definition) is 3. The molecule has 1 unspecified atom stereocenters. The van der Waals surface area contributed by atoms with E-state index in [1.807, 2.05) is 18.2 Å². The van der Waals surface area contributed by atoms with E-state index in [1.54, 1.807) is 11.8 Å². The van der Waals surface area contributed by atoms with Crippen molar-refractivity contribution in [2.75, 3.05) is 24.6 Å². The van der Waals surface area contributed by atoms with Crippen molar-refractivity contribution in [3.8, 4) is 0 Å². The van der Waals surface area contributed by atoms with Gasteiger partial charge in [0.25, 0.3) is 0 Å². The van der Waals surface area contributed by atoms with Gasteiger partial charge in [0.15, 0.2) is 0 Å². The maximum Gasteiger partial charge on any atom is 0.207 e. The smallest absolute Gasteiger partial charge is 0.207 e. The topological polar surface area (TPSA) is 61.4 Å². The summed E-state index contributed by atoms with van der Waals surface area (Å²) in [6, 6.07) is 10.2. The summed E-state index contributed by atoms with van der Waals surface area (Å²) in [5.41, 5.74) is 1.26. The Balaban J connectivity index is 2.00. The fraction of sp³-hybridized carbons (Fsp3) is 0.462. The van der Waals surface area contributed by atoms with Crippen molar-refractivity contribution in [1.82, 2.24) is 10.6 Å². The van der Waals surface area contributed by atoms with Crippen LogP contribution in [0.2, 0.25) is 0 Å². The number of aliphatic hydroxyl groups is 1. The maximum absolute atomic E-state index is 10.00. The summed E-state index contributed by atoms with van der Waals surface area (Å²) in [6.45, 7) is 1.41. The summed E-state index contributed by atoms with van der Waals surface area (Å²) in [5.74, 6) is 1.45. The van der Waals surface area contributed by atoms with Crippen molar-refractivity contribution in [1.29, 1.82) is 0 Å². The molecule has 18 heavy (non-hydrogen) atoms. The van der Waals surface area contributed by atoms with Crippen molar-refractivity contribution in [3.05, 3.63) is 35.9 Å². The first-order chi connectivity index (χ1) is 8.83. The van der Waals surface area contributed by atoms with Gasteiger partial charge < -0.3 is 10.4 Å². The summed E-state index contributed by atoms with van der Waals surface area (Å²) in [6.07, 6.45) is 1.11. The molecule has 0 spiro atoms. The summed E-state index contributed by atoms with van der Waals surface area (Å²) >= 11 is 1.61. The zero-order valence-corrected chi connectivity index (χ0v) is 11.2. The number of carbonyl (C=O) groups is 1. The molecule has 0 heterocycles. The average Bonchev–Trinajstić information content (AvgIpc) is 2.40. The second-order valence-corrected chi connectivity index (χ2v) is 5.00. The SMILES string of the molecule is O=CNCCSCC(O)NCCc1ccccc1. The molecule has 0 fully saturated rings. The molecule has 0 saturated carbocycles. The highest BCUT2D eigenvalue weighted by atomic mass is 32.2. The van der Waals surface area contributed by atoms with Crippen LogP contribution in [-0.2, 0) is 11.2 Å². The molecule has 1 atom stereocenters. The van der Waals surface area contributed by atoms with E-state index in [4.69, 9.17) is 0 Å². The Bertz CT molecular complexity index is 322. The average molecular weight is 268 g/mol. The van der Waals surface area contributed by atoms with E-state index < -0.39 is 6.23 Å². The van der Waals surface area contributed by atoms with Gasteiger partial charge in [-0.2, -0.15) is 11.8 Å². The van der Waals surface area contributed by atoms with Crippen LogP contribution in [0.15, 0.2) is 30.3 Å². The molecule has 0 radical (unpaired) electrons. The van der Waals surface area contributed by atoms with Gasteiger partial charge in [-0.1, -0.05) is 30.3 Å². The Morgan fingerprint density at radius 1 is 1.28 bits per heavy atom. The molecule has 3 N–H and O–H groups in total. The molecule has 0 aliphatic heterocycles. The molecule has 1 rings (SSSR count). The third kappa shape index (κ3) is 7.32. The van der Waals surface area contributed by atoms with Crippen molar-refractivity contribution < 1.29 is 9.90 Å². The zero-order chi connectivity index (χ0) is 13.1. The van der Waals surface area contributed by atoms with Crippen molar-refractivity contribution in [2.24, 2.45) is 0 Å². The number of benzene rings is 1. The third-order valence-corrected chi connectivity index (χ3v) is 3.43. The van der Waals surface area contributed by atoms with Crippen LogP contribution < -0.4 is 10.6 Å². The molecule has 4 nitrogen and oxygen atoms in total. The van der Waals surface area contributed by atoms with Crippen LogP contribution in [0.5, 0.6) is 0 Å². The van der Waals surface area contributed by atoms with Crippen LogP contribution in [0.25, 0.3) is 0 Å². The van der Waals surface area contributed by atoms with E-state index in [0.29, 0.717) is 18.7 Å². The molecule has 0 aromatic heterocycles. The van der Waals surface area contributed by atoms with Gasteiger partial charge in [0.2, 0.25) is 6.41 Å². The Labute approximate surface area is 112 Å². The van der Waals surface area contributed by atoms with Gasteiger partial charge in [-0.05, 0) is 12.0 Å². The predicted molar refractivity (Wildman–Crippen MR) is 75.5 cm³/mol. The van der Waals surface area contributed by atoms with E-state index in [0.717, 1.165) is 18.7 Å². The second kappa shape index (κ2) is 9.94. The first-order valence-corrected chi connectivity index (χ1v) is 7.18. The molecule has 0 aliphatic rings. The zero-order valence-electron chi connectivity index (χ0n) is 10.3. The fourth-order valence-corrected chi connectivity index (χ4v) is 2.24. The number of nitrogens with one attached hydrogen (secondary N) is 2. The van der Waals surface area contributed by atoms with Gasteiger partial charge >= 0.3 is 0 Å². The normalized spacial score (nSPS) is 12.1. The lowest BCUT2D eigenvalue weighted by Gasteiger charge is -2.12. The Hall–Kier alpha value is -1.04. The van der Waals surface area contributed by atoms with E-state index in [1.165, 1.54) is 5.56 Å². The Morgan fingerprint density at radius 2 is 2.06 bits per heavy atom. The lowest BCUT2D eigenvalue weighted by Crippen LogP contribution is -2.33. The van der Waals surface area contributed by atoms with E-state index in [-0.39, 0.29) is 0 Å². The molecule has 0 saturated heterocycles. The quantitative estimate of drug-likeness (QED) is 0.331. The van der Waals surface area contributed by atoms with Crippen LogP contribution in [0.3, 0.4) is 0 Å². The van der Waals surface area contributed by atoms with Crippen molar-refractivity contribution >= 4 is 18.2 Å². The van der Waals surface area contributed by atoms with Crippen LogP contribution in [0, 0.1) is 0 Å². The standard InChI is InChI=1S/C13H20N2O2S/c16-11-14-8-9-18-10-13(17)15-7-6-12-4-2-1-3-5-12/h1-5,11,13,15,17H,6-10H2,(H,14,16). The number of carbonyl (C=O) groups excluding carboxylic acids is 1. The lowest BCUT2D eigenvalue weighted by atomic mass is 10.1. The molecule has 100 valence electrons. The third-order valence-electron chi connectivity index (χ3n) is 2.39. The molecule has 0 bridgehead atoms. The van der Waals surface area contributed by atoms with E-state index in [2.05, 4.69) is 22.8 Å². The summed E-state index contributed by atoms with van der Waals surface area (Å²) in [5, 5.41) is 15.3. The molecular formula is C13H20N2O2S. The minimum atomic E-state index is -0.491. The lowest BCUT2D eigenvalue weighted by molar-refractivity contribution is -0.109. The largest absolute Gasteiger partial charge is 0.378 e. The van der Waals surface area contributed by atoms with Crippen molar-refractivity contribution in [2.45, 2.75) is 12.6 Å². The van der Waals surface area contributed by atoms with Crippen LogP contribution in [0.1, 0.15) is 5.56 Å². The Kier molecular flexibility index (Phi) is 8.29. The maximum atomic E-state index is 10.00. The molecule has 1 amide bonds. The molecular weight excluding hydrogens is 248 g/mol. The van der Waals surface area contributed by atoms with Crippen LogP contribution in [-0.4, -0.2) is 42.3 Å². The van der Waals surface area contributed by atoms with Gasteiger partial charge in [-0.3, -0.25) is 10.1 Å². The summed E-state index contributed by atoms with van der Waals surface area (Å²) < 4.78 is 0. The van der Waals surface area contributed by atoms with Crippen LogP contribution in [0.4, 0.5) is 0 Å². The monoisotopic (exact) mass is 268 g/mol. The number of rotatable bonds is 10. The molecule has 1 aromatic rings. The highest BCUT2D eigenvalue weighted by Crippen LogP contribution is 2.01. The molecule has 0 aliphatic carbocycles. The van der Waals surface area contributed by atoms with Gasteiger partial charge in [0.1, 0.15) is 6.23 Å². The highest BCUT2D eigenvalue weighted by molar-refractivity contribution is 7.99. The second-order valence-electron chi connectivity index (χ2n) is 3.85. The predicted octanol–water partition coefficient (Wildman–Crippen LogP) is 0.616. The first-order valence-electron chi connectivity index (χ1n) is 6.03. The number of hydrogen-bond acceptors (Lipinski definition) is 4. The fourth-order valence-electron chi connectivity index (χ4n) is 1.47. The highest BCUT2D eigenvalue weighted by Gasteiger charge is 2.02. The van der Waals surface area contributed by atoms with E-state index >= 15 is 0 Å². The molecule has 5 heteroatoms. The number of amides is 1. The van der Waals surface area contributed by atoms with Gasteiger partial charge in [0.05, 0.1) is 0 Å². The summed E-state index contributed by atoms with van der Waals surface area (Å²) in [7, 11) is 0. The van der Waals surface area contributed by atoms with Crippen molar-refractivity contribution in [3.63, 3.8) is 0 Å². The Morgan fingerprint density at radius 3 is 2.78 bits per heavy atom. The summed E-state index contributed by atoms with van der Waals surface area (Å²) in [4.78, 5) is 10.00. The first kappa shape index (κ1) is 15.0. The van der Waals surface area contributed by atoms with E-state index in [9.17, 15) is 9.90 Å².